The Hall–Kier alpha value is -1.07. The Balaban J connectivity index is 1.69. The highest BCUT2D eigenvalue weighted by Gasteiger charge is 2.49. The molecule has 3 rings (SSSR count). The molecule has 2 fully saturated rings. The van der Waals surface area contributed by atoms with E-state index in [4.69, 9.17) is 18.9 Å². The number of hydrogen-bond donors (Lipinski definition) is 2. The quantitative estimate of drug-likeness (QED) is 0.725. The van der Waals surface area contributed by atoms with Crippen LogP contribution in [-0.2, 0) is 28.8 Å². The van der Waals surface area contributed by atoms with Crippen LogP contribution in [0.5, 0.6) is 0 Å². The van der Waals surface area contributed by atoms with Crippen molar-refractivity contribution in [2.24, 2.45) is 0 Å². The highest BCUT2D eigenvalue weighted by Crippen LogP contribution is 2.29. The molecular weight excluding hydrogens is 340 g/mol. The molecule has 0 radical (unpaired) electrons. The zero-order valence-electron chi connectivity index (χ0n) is 13.0. The van der Waals surface area contributed by atoms with Gasteiger partial charge in [-0.25, -0.2) is 8.42 Å². The van der Waals surface area contributed by atoms with E-state index in [1.54, 1.807) is 18.2 Å². The molecule has 9 heteroatoms. The summed E-state index contributed by atoms with van der Waals surface area (Å²) in [7, 11) is -2.26. The predicted octanol–water partition coefficient (Wildman–Crippen LogP) is -0.705. The fourth-order valence-electron chi connectivity index (χ4n) is 2.81. The Labute approximate surface area is 139 Å². The van der Waals surface area contributed by atoms with Crippen LogP contribution >= 0.6 is 0 Å². The fraction of sp³-hybridized carbons (Fsp3) is 0.600. The molecule has 1 aromatic rings. The molecule has 0 spiro atoms. The summed E-state index contributed by atoms with van der Waals surface area (Å²) < 4.78 is 46.1. The average molecular weight is 360 g/mol. The molecule has 0 bridgehead atoms. The van der Waals surface area contributed by atoms with Crippen LogP contribution in [0, 0.1) is 0 Å². The van der Waals surface area contributed by atoms with Gasteiger partial charge < -0.3 is 29.2 Å². The van der Waals surface area contributed by atoms with Gasteiger partial charge in [-0.3, -0.25) is 0 Å². The first-order valence-corrected chi connectivity index (χ1v) is 9.17. The molecule has 0 saturated carbocycles. The minimum Gasteiger partial charge on any atom is -0.387 e. The monoisotopic (exact) mass is 360 g/mol. The summed E-state index contributed by atoms with van der Waals surface area (Å²) in [5.74, 6) is -0.392. The maximum atomic E-state index is 12.4. The fourth-order valence-corrected chi connectivity index (χ4v) is 4.11. The van der Waals surface area contributed by atoms with Gasteiger partial charge in [-0.2, -0.15) is 0 Å². The van der Waals surface area contributed by atoms with E-state index in [2.05, 4.69) is 0 Å². The van der Waals surface area contributed by atoms with Crippen LogP contribution in [0.4, 0.5) is 0 Å². The van der Waals surface area contributed by atoms with Crippen molar-refractivity contribution < 1.29 is 37.6 Å². The highest BCUT2D eigenvalue weighted by molar-refractivity contribution is 7.91. The number of benzene rings is 1. The summed E-state index contributed by atoms with van der Waals surface area (Å²) >= 11 is 0. The summed E-state index contributed by atoms with van der Waals surface area (Å²) in [6.45, 7) is 0.0310. The Kier molecular flexibility index (Phi) is 5.21. The van der Waals surface area contributed by atoms with E-state index in [1.165, 1.54) is 19.2 Å². The standard InChI is InChI=1S/C15H20O8S/c1-20-15-13(17)12(16)14-10(22-15)7-21-11(23-14)8-24(18,19)9-5-3-2-4-6-9/h2-6,10-17H,7-8H2,1H3/t10-,11?,12-,13-,14-,15+/m1/s1. The molecule has 24 heavy (non-hydrogen) atoms. The minimum absolute atomic E-state index is 0.0310. The molecule has 2 heterocycles. The molecule has 8 nitrogen and oxygen atoms in total. The van der Waals surface area contributed by atoms with Gasteiger partial charge in [0.15, 0.2) is 22.4 Å². The van der Waals surface area contributed by atoms with Crippen LogP contribution in [0.15, 0.2) is 35.2 Å². The summed E-state index contributed by atoms with van der Waals surface area (Å²) in [4.78, 5) is 0.166. The van der Waals surface area contributed by atoms with Crippen LogP contribution in [0.1, 0.15) is 0 Å². The van der Waals surface area contributed by atoms with Crippen molar-refractivity contribution in [3.63, 3.8) is 0 Å². The molecule has 0 aromatic heterocycles. The van der Waals surface area contributed by atoms with E-state index >= 15 is 0 Å². The number of rotatable bonds is 4. The van der Waals surface area contributed by atoms with Crippen molar-refractivity contribution in [3.05, 3.63) is 30.3 Å². The van der Waals surface area contributed by atoms with Gasteiger partial charge in [0.25, 0.3) is 0 Å². The molecule has 1 unspecified atom stereocenters. The molecular formula is C15H20O8S. The lowest BCUT2D eigenvalue weighted by atomic mass is 9.98. The second kappa shape index (κ2) is 7.04. The van der Waals surface area contributed by atoms with Gasteiger partial charge >= 0.3 is 0 Å². The first-order chi connectivity index (χ1) is 11.4. The lowest BCUT2D eigenvalue weighted by Crippen LogP contribution is -2.63. The smallest absolute Gasteiger partial charge is 0.186 e. The SMILES string of the molecule is CO[C@H]1O[C@@H]2COC(CS(=O)(=O)c3ccccc3)O[C@H]2[C@H](O)[C@H]1O. The number of hydrogen-bond acceptors (Lipinski definition) is 8. The van der Waals surface area contributed by atoms with Crippen molar-refractivity contribution >= 4 is 9.84 Å². The van der Waals surface area contributed by atoms with Crippen molar-refractivity contribution in [1.82, 2.24) is 0 Å². The molecule has 0 amide bonds. The molecule has 2 N–H and O–H groups in total. The number of fused-ring (bicyclic) bond motifs is 1. The summed E-state index contributed by atoms with van der Waals surface area (Å²) in [5.41, 5.74) is 0. The number of sulfone groups is 1. The van der Waals surface area contributed by atoms with Crippen molar-refractivity contribution in [2.45, 2.75) is 41.9 Å². The van der Waals surface area contributed by atoms with Crippen molar-refractivity contribution in [3.8, 4) is 0 Å². The average Bonchev–Trinajstić information content (AvgIpc) is 2.59. The van der Waals surface area contributed by atoms with E-state index in [0.29, 0.717) is 0 Å². The zero-order chi connectivity index (χ0) is 17.3. The Morgan fingerprint density at radius 3 is 2.54 bits per heavy atom. The van der Waals surface area contributed by atoms with E-state index in [9.17, 15) is 18.6 Å². The van der Waals surface area contributed by atoms with E-state index in [0.717, 1.165) is 0 Å². The lowest BCUT2D eigenvalue weighted by molar-refractivity contribution is -0.351. The van der Waals surface area contributed by atoms with Gasteiger partial charge in [-0.15, -0.1) is 0 Å². The zero-order valence-corrected chi connectivity index (χ0v) is 13.8. The van der Waals surface area contributed by atoms with Crippen molar-refractivity contribution in [2.75, 3.05) is 19.5 Å². The van der Waals surface area contributed by atoms with Gasteiger partial charge in [0.1, 0.15) is 30.2 Å². The second-order valence-electron chi connectivity index (χ2n) is 5.72. The van der Waals surface area contributed by atoms with Gasteiger partial charge in [0.05, 0.1) is 11.5 Å². The summed E-state index contributed by atoms with van der Waals surface area (Å²) in [6.07, 6.45) is -6.14. The minimum atomic E-state index is -3.60. The molecule has 2 saturated heterocycles. The molecule has 0 aliphatic carbocycles. The van der Waals surface area contributed by atoms with E-state index in [-0.39, 0.29) is 11.5 Å². The highest BCUT2D eigenvalue weighted by atomic mass is 32.2. The Morgan fingerprint density at radius 2 is 1.88 bits per heavy atom. The van der Waals surface area contributed by atoms with Gasteiger partial charge in [-0.1, -0.05) is 18.2 Å². The number of aliphatic hydroxyl groups is 2. The van der Waals surface area contributed by atoms with Crippen LogP contribution in [0.25, 0.3) is 0 Å². The molecule has 2 aliphatic rings. The molecule has 1 aromatic carbocycles. The Bertz CT molecular complexity index is 647. The maximum Gasteiger partial charge on any atom is 0.186 e. The third-order valence-electron chi connectivity index (χ3n) is 4.09. The molecule has 134 valence electrons. The number of aliphatic hydroxyl groups excluding tert-OH is 2. The predicted molar refractivity (Wildman–Crippen MR) is 80.8 cm³/mol. The summed E-state index contributed by atoms with van der Waals surface area (Å²) in [6, 6.07) is 7.97. The number of methoxy groups -OCH3 is 1. The topological polar surface area (TPSA) is 112 Å². The van der Waals surface area contributed by atoms with E-state index in [1.807, 2.05) is 0 Å². The first kappa shape index (κ1) is 17.7. The molecule has 6 atom stereocenters. The van der Waals surface area contributed by atoms with Crippen molar-refractivity contribution in [1.29, 1.82) is 0 Å². The largest absolute Gasteiger partial charge is 0.387 e. The first-order valence-electron chi connectivity index (χ1n) is 7.51. The third-order valence-corrected chi connectivity index (χ3v) is 5.79. The van der Waals surface area contributed by atoms with E-state index < -0.39 is 52.6 Å². The van der Waals surface area contributed by atoms with Gasteiger partial charge in [0, 0.05) is 7.11 Å². The molecule has 2 aliphatic heterocycles. The second-order valence-corrected chi connectivity index (χ2v) is 7.75. The van der Waals surface area contributed by atoms with Gasteiger partial charge in [-0.05, 0) is 12.1 Å². The third kappa shape index (κ3) is 3.47. The Morgan fingerprint density at radius 1 is 1.17 bits per heavy atom. The normalized spacial score (nSPS) is 37.0. The maximum absolute atomic E-state index is 12.4. The lowest BCUT2D eigenvalue weighted by Gasteiger charge is -2.45. The van der Waals surface area contributed by atoms with Crippen LogP contribution in [0.2, 0.25) is 0 Å². The summed E-state index contributed by atoms with van der Waals surface area (Å²) in [5, 5.41) is 20.1. The van der Waals surface area contributed by atoms with Crippen LogP contribution < -0.4 is 0 Å². The number of ether oxygens (including phenoxy) is 4. The van der Waals surface area contributed by atoms with Crippen LogP contribution in [0.3, 0.4) is 0 Å². The van der Waals surface area contributed by atoms with Gasteiger partial charge in [0.2, 0.25) is 0 Å². The van der Waals surface area contributed by atoms with Crippen LogP contribution in [-0.4, -0.2) is 75.1 Å².